The van der Waals surface area contributed by atoms with Gasteiger partial charge in [0.25, 0.3) is 0 Å². The molecule has 2 atom stereocenters. The van der Waals surface area contributed by atoms with E-state index in [1.807, 2.05) is 0 Å². The molecule has 7 rings (SSSR count). The topological polar surface area (TPSA) is 0 Å². The van der Waals surface area contributed by atoms with Gasteiger partial charge in [-0.2, -0.15) is 0 Å². The predicted octanol–water partition coefficient (Wildman–Crippen LogP) is 5.70. The number of rotatable bonds is 8. The number of fused-ring (bicyclic) bond motifs is 2. The van der Waals surface area contributed by atoms with E-state index in [2.05, 4.69) is 137 Å². The van der Waals surface area contributed by atoms with Crippen LogP contribution in [0.25, 0.3) is 34.4 Å². The van der Waals surface area contributed by atoms with Crippen molar-refractivity contribution in [1.82, 2.24) is 0 Å². The molecule has 43 heavy (non-hydrogen) atoms. The van der Waals surface area contributed by atoms with E-state index in [0.717, 1.165) is 0 Å². The minimum Gasteiger partial charge on any atom is -1.00 e. The van der Waals surface area contributed by atoms with Crippen LogP contribution < -0.4 is 24.8 Å². The van der Waals surface area contributed by atoms with Gasteiger partial charge in [-0.1, -0.05) is 0 Å². The van der Waals surface area contributed by atoms with Gasteiger partial charge in [-0.25, -0.2) is 0 Å². The van der Waals surface area contributed by atoms with Gasteiger partial charge in [-0.3, -0.25) is 0 Å². The summed E-state index contributed by atoms with van der Waals surface area (Å²) >= 11 is -2.43. The van der Waals surface area contributed by atoms with E-state index in [-0.39, 0.29) is 24.8 Å². The molecule has 2 unspecified atom stereocenters. The zero-order chi connectivity index (χ0) is 28.1. The Kier molecular flexibility index (Phi) is 9.65. The van der Waals surface area contributed by atoms with Gasteiger partial charge in [0.2, 0.25) is 0 Å². The molecular weight excluding hydrogens is 599 g/mol. The second-order valence-corrected chi connectivity index (χ2v) is 20.8. The van der Waals surface area contributed by atoms with Crippen molar-refractivity contribution in [3.63, 3.8) is 0 Å². The van der Waals surface area contributed by atoms with Crippen molar-refractivity contribution >= 4 is 12.2 Å². The van der Waals surface area contributed by atoms with E-state index in [9.17, 15) is 0 Å². The second-order valence-electron chi connectivity index (χ2n) is 13.6. The van der Waals surface area contributed by atoms with Crippen LogP contribution in [0.3, 0.4) is 0 Å². The normalized spacial score (nSPS) is 18.5. The van der Waals surface area contributed by atoms with Crippen LogP contribution in [0, 0.1) is 11.8 Å². The Morgan fingerprint density at radius 1 is 0.535 bits per heavy atom. The molecule has 3 aliphatic rings. The van der Waals surface area contributed by atoms with Crippen molar-refractivity contribution in [2.45, 2.75) is 58.4 Å². The molecule has 0 saturated carbocycles. The molecule has 0 aromatic heterocycles. The summed E-state index contributed by atoms with van der Waals surface area (Å²) in [7, 11) is 0. The molecule has 0 nitrogen and oxygen atoms in total. The molecule has 1 heterocycles. The average molecular weight is 642 g/mol. The fourth-order valence-corrected chi connectivity index (χ4v) is 18.5. The van der Waals surface area contributed by atoms with Crippen molar-refractivity contribution in [1.29, 1.82) is 0 Å². The minimum absolute atomic E-state index is 0. The average Bonchev–Trinajstić information content (AvgIpc) is 3.53. The molecule has 1 aliphatic heterocycles. The van der Waals surface area contributed by atoms with Crippen molar-refractivity contribution in [2.24, 2.45) is 11.8 Å². The fraction of sp³-hybridized carbons (Fsp3) is 0.300. The van der Waals surface area contributed by atoms with E-state index in [1.165, 1.54) is 55.7 Å². The summed E-state index contributed by atoms with van der Waals surface area (Å²) in [6.07, 6.45) is 7.73. The van der Waals surface area contributed by atoms with Gasteiger partial charge in [-0.05, 0) is 0 Å². The van der Waals surface area contributed by atoms with Gasteiger partial charge < -0.3 is 24.8 Å². The third kappa shape index (κ3) is 5.78. The molecule has 2 aliphatic carbocycles. The Morgan fingerprint density at radius 3 is 1.28 bits per heavy atom. The maximum absolute atomic E-state index is 2.65. The number of hydrogen-bond donors (Lipinski definition) is 0. The third-order valence-corrected chi connectivity index (χ3v) is 18.0. The van der Waals surface area contributed by atoms with E-state index >= 15 is 0 Å². The Bertz CT molecular complexity index is 1520. The number of halogens is 2. The van der Waals surface area contributed by atoms with Crippen molar-refractivity contribution in [3.8, 4) is 22.3 Å². The van der Waals surface area contributed by atoms with Crippen LogP contribution in [0.5, 0.6) is 0 Å². The zero-order valence-electron chi connectivity index (χ0n) is 25.8. The molecule has 0 spiro atoms. The summed E-state index contributed by atoms with van der Waals surface area (Å²) in [4.78, 5) is 0. The van der Waals surface area contributed by atoms with E-state index in [4.69, 9.17) is 0 Å². The maximum Gasteiger partial charge on any atom is -1.00 e. The summed E-state index contributed by atoms with van der Waals surface area (Å²) in [6, 6.07) is 36.6. The quantitative estimate of drug-likeness (QED) is 0.217. The van der Waals surface area contributed by atoms with Gasteiger partial charge in [0.05, 0.1) is 0 Å². The molecule has 0 bridgehead atoms. The molecule has 3 heteroatoms. The van der Waals surface area contributed by atoms with Gasteiger partial charge in [-0.15, -0.1) is 0 Å². The Labute approximate surface area is 274 Å². The molecular formula is C40H42Cl2Ti. The summed E-state index contributed by atoms with van der Waals surface area (Å²) < 4.78 is 4.32. The summed E-state index contributed by atoms with van der Waals surface area (Å²) in [6.45, 7) is 9.64. The first-order chi connectivity index (χ1) is 20.0. The number of benzene rings is 4. The molecule has 1 fully saturated rings. The maximum atomic E-state index is 2.65. The SMILES string of the molecule is CC(C)CC1=Cc2c(-c3ccccc3)cccc2[CH]1[Ti+2]1([CH]2C(CC(C)C)=Cc3c(-c4ccccc4)cccc32)[CH2][CH2]1.[Cl-].[Cl-]. The van der Waals surface area contributed by atoms with Crippen LogP contribution in [0.4, 0.5) is 0 Å². The van der Waals surface area contributed by atoms with Crippen molar-refractivity contribution < 1.29 is 41.4 Å². The summed E-state index contributed by atoms with van der Waals surface area (Å²) in [5, 5.41) is 0. The molecule has 220 valence electrons. The molecule has 4 aromatic rings. The standard InChI is InChI=1S/2C19H19.C2H4.2ClH.Ti/c2*1-14(2)11-15-12-17-9-6-10-18(19(17)13-15)16-7-4-3-5-8-16;1-2;;;/h2*3-10,12-14H,11H2,1-2H3;1-2H2;2*1H;/q;;;;;+2/p-2. The van der Waals surface area contributed by atoms with Crippen LogP contribution >= 0.6 is 0 Å². The molecule has 1 saturated heterocycles. The first kappa shape index (κ1) is 32.1. The smallest absolute Gasteiger partial charge is 1.00 e. The van der Waals surface area contributed by atoms with Crippen LogP contribution in [0.1, 0.15) is 71.2 Å². The van der Waals surface area contributed by atoms with Crippen molar-refractivity contribution in [3.05, 3.63) is 130 Å². The van der Waals surface area contributed by atoms with Gasteiger partial charge in [0, 0.05) is 0 Å². The molecule has 4 aromatic carbocycles. The van der Waals surface area contributed by atoms with Crippen LogP contribution in [0.2, 0.25) is 9.45 Å². The largest absolute Gasteiger partial charge is 1.00 e. The van der Waals surface area contributed by atoms with Crippen LogP contribution in [-0.4, -0.2) is 0 Å². The summed E-state index contributed by atoms with van der Waals surface area (Å²) in [5.74, 6) is 1.34. The monoisotopic (exact) mass is 640 g/mol. The van der Waals surface area contributed by atoms with Gasteiger partial charge >= 0.3 is 252 Å². The fourth-order valence-electron chi connectivity index (χ4n) is 8.21. The van der Waals surface area contributed by atoms with Gasteiger partial charge in [0.1, 0.15) is 0 Å². The summed E-state index contributed by atoms with van der Waals surface area (Å²) in [5.41, 5.74) is 15.3. The molecule has 0 N–H and O–H groups in total. The van der Waals surface area contributed by atoms with Crippen LogP contribution in [-0.2, 0) is 16.6 Å². The van der Waals surface area contributed by atoms with E-state index in [1.54, 1.807) is 22.3 Å². The number of hydrogen-bond acceptors (Lipinski definition) is 0. The Morgan fingerprint density at radius 2 is 0.930 bits per heavy atom. The van der Waals surface area contributed by atoms with Crippen LogP contribution in [0.15, 0.2) is 108 Å². The number of allylic oxidation sites excluding steroid dienone is 2. The molecule has 0 amide bonds. The first-order valence-electron chi connectivity index (χ1n) is 15.7. The second kappa shape index (κ2) is 12.9. The minimum atomic E-state index is -2.43. The van der Waals surface area contributed by atoms with E-state index in [0.29, 0.717) is 20.3 Å². The zero-order valence-corrected chi connectivity index (χ0v) is 28.9. The van der Waals surface area contributed by atoms with Crippen molar-refractivity contribution in [2.75, 3.05) is 0 Å². The Hall–Kier alpha value is -2.35. The first-order valence-corrected chi connectivity index (χ1v) is 19.7. The predicted molar refractivity (Wildman–Crippen MR) is 174 cm³/mol. The van der Waals surface area contributed by atoms with Gasteiger partial charge in [0.15, 0.2) is 0 Å². The molecule has 0 radical (unpaired) electrons. The van der Waals surface area contributed by atoms with E-state index < -0.39 is 16.6 Å². The third-order valence-electron chi connectivity index (χ3n) is 9.74. The Balaban J connectivity index is 0.00000184.